The van der Waals surface area contributed by atoms with Crippen LogP contribution in [0.5, 0.6) is 0 Å². The van der Waals surface area contributed by atoms with E-state index in [0.29, 0.717) is 28.6 Å². The molecule has 7 nitrogen and oxygen atoms in total. The van der Waals surface area contributed by atoms with Crippen LogP contribution in [0, 0.1) is 13.8 Å². The first kappa shape index (κ1) is 18.2. The number of amides is 1. The quantitative estimate of drug-likeness (QED) is 0.572. The molecule has 4 rings (SSSR count). The number of aryl methyl sites for hydroxylation is 3. The van der Waals surface area contributed by atoms with E-state index in [1.54, 1.807) is 27.7 Å². The van der Waals surface area contributed by atoms with E-state index in [-0.39, 0.29) is 5.91 Å². The van der Waals surface area contributed by atoms with Crippen LogP contribution in [0.25, 0.3) is 11.0 Å². The van der Waals surface area contributed by atoms with Gasteiger partial charge in [-0.15, -0.1) is 0 Å². The number of nitrogens with zero attached hydrogens (tertiary/aromatic N) is 5. The fraction of sp³-hybridized carbons (Fsp3) is 0.200. The van der Waals surface area contributed by atoms with Crippen molar-refractivity contribution >= 4 is 34.4 Å². The number of carbonyl (C=O) groups excluding carboxylic acids is 1. The number of carbonyl (C=O) groups is 1. The Bertz CT molecular complexity index is 1180. The van der Waals surface area contributed by atoms with Crippen molar-refractivity contribution in [1.82, 2.24) is 24.5 Å². The summed E-state index contributed by atoms with van der Waals surface area (Å²) >= 11 is 5.95. The number of nitrogens with one attached hydrogen (secondary N) is 1. The van der Waals surface area contributed by atoms with Gasteiger partial charge in [0.1, 0.15) is 5.82 Å². The van der Waals surface area contributed by atoms with Crippen molar-refractivity contribution in [2.45, 2.75) is 20.4 Å². The lowest BCUT2D eigenvalue weighted by molar-refractivity contribution is 0.102. The minimum atomic E-state index is -0.218. The highest BCUT2D eigenvalue weighted by molar-refractivity contribution is 6.30. The van der Waals surface area contributed by atoms with Gasteiger partial charge in [0.25, 0.3) is 5.91 Å². The summed E-state index contributed by atoms with van der Waals surface area (Å²) in [6, 6.07) is 11.1. The Balaban J connectivity index is 1.64. The maximum Gasteiger partial charge on any atom is 0.257 e. The molecule has 0 saturated carbocycles. The van der Waals surface area contributed by atoms with Gasteiger partial charge >= 0.3 is 0 Å². The molecule has 8 heteroatoms. The molecule has 0 spiro atoms. The summed E-state index contributed by atoms with van der Waals surface area (Å²) in [4.78, 5) is 17.6. The van der Waals surface area contributed by atoms with Gasteiger partial charge in [-0.2, -0.15) is 10.2 Å². The minimum Gasteiger partial charge on any atom is -0.307 e. The van der Waals surface area contributed by atoms with Crippen molar-refractivity contribution in [3.63, 3.8) is 0 Å². The molecule has 142 valence electrons. The number of halogens is 1. The maximum absolute atomic E-state index is 13.1. The molecule has 28 heavy (non-hydrogen) atoms. The molecule has 1 N–H and O–H groups in total. The topological polar surface area (TPSA) is 77.6 Å². The number of rotatable bonds is 4. The third-order valence-electron chi connectivity index (χ3n) is 4.55. The summed E-state index contributed by atoms with van der Waals surface area (Å²) in [5.41, 5.74) is 3.80. The van der Waals surface area contributed by atoms with E-state index in [0.717, 1.165) is 22.3 Å². The number of aromatic nitrogens is 5. The Morgan fingerprint density at radius 3 is 2.68 bits per heavy atom. The van der Waals surface area contributed by atoms with Crippen molar-refractivity contribution < 1.29 is 4.79 Å². The SMILES string of the molecule is Cc1cc(C(=O)Nc2ccnn2Cc2ccc(Cl)cc2)c2c(C)nn(C)c2n1. The Kier molecular flexibility index (Phi) is 4.60. The molecule has 0 bridgehead atoms. The van der Waals surface area contributed by atoms with Crippen molar-refractivity contribution in [3.05, 3.63) is 70.1 Å². The Hall–Kier alpha value is -3.19. The molecule has 0 atom stereocenters. The highest BCUT2D eigenvalue weighted by atomic mass is 35.5. The van der Waals surface area contributed by atoms with Gasteiger partial charge in [-0.3, -0.25) is 9.48 Å². The molecule has 3 heterocycles. The van der Waals surface area contributed by atoms with E-state index < -0.39 is 0 Å². The molecule has 1 amide bonds. The van der Waals surface area contributed by atoms with Crippen LogP contribution >= 0.6 is 11.6 Å². The number of hydrogen-bond donors (Lipinski definition) is 1. The van der Waals surface area contributed by atoms with E-state index in [4.69, 9.17) is 11.6 Å². The predicted octanol–water partition coefficient (Wildman–Crippen LogP) is 3.74. The molecule has 1 aromatic carbocycles. The molecular weight excluding hydrogens is 376 g/mol. The smallest absolute Gasteiger partial charge is 0.257 e. The minimum absolute atomic E-state index is 0.218. The average Bonchev–Trinajstić information content (AvgIpc) is 3.20. The highest BCUT2D eigenvalue weighted by Gasteiger charge is 2.19. The standard InChI is InChI=1S/C20H19ClN6O/c1-12-10-16(18-13(2)25-26(3)19(18)23-12)20(28)24-17-8-9-22-27(17)11-14-4-6-15(21)7-5-14/h4-10H,11H2,1-3H3,(H,24,28). The monoisotopic (exact) mass is 394 g/mol. The van der Waals surface area contributed by atoms with E-state index in [1.165, 1.54) is 0 Å². The van der Waals surface area contributed by atoms with Gasteiger partial charge in [0.2, 0.25) is 0 Å². The molecule has 0 radical (unpaired) electrons. The second-order valence-corrected chi connectivity index (χ2v) is 7.11. The normalized spacial score (nSPS) is 11.1. The van der Waals surface area contributed by atoms with Crippen molar-refractivity contribution in [1.29, 1.82) is 0 Å². The average molecular weight is 395 g/mol. The van der Waals surface area contributed by atoms with E-state index in [9.17, 15) is 4.79 Å². The van der Waals surface area contributed by atoms with Crippen LogP contribution in [-0.2, 0) is 13.6 Å². The number of hydrogen-bond acceptors (Lipinski definition) is 4. The van der Waals surface area contributed by atoms with E-state index >= 15 is 0 Å². The van der Waals surface area contributed by atoms with E-state index in [2.05, 4.69) is 20.5 Å². The maximum atomic E-state index is 13.1. The summed E-state index contributed by atoms with van der Waals surface area (Å²) in [6.07, 6.45) is 1.66. The lowest BCUT2D eigenvalue weighted by Gasteiger charge is -2.10. The van der Waals surface area contributed by atoms with Crippen LogP contribution in [0.2, 0.25) is 5.02 Å². The Labute approximate surface area is 167 Å². The molecule has 0 fully saturated rings. The van der Waals surface area contributed by atoms with Crippen LogP contribution in [0.4, 0.5) is 5.82 Å². The number of pyridine rings is 1. The first-order valence-electron chi connectivity index (χ1n) is 8.81. The summed E-state index contributed by atoms with van der Waals surface area (Å²) in [6.45, 7) is 4.26. The highest BCUT2D eigenvalue weighted by Crippen LogP contribution is 2.23. The zero-order chi connectivity index (χ0) is 19.8. The molecule has 0 aliphatic carbocycles. The zero-order valence-corrected chi connectivity index (χ0v) is 16.5. The van der Waals surface area contributed by atoms with Crippen LogP contribution in [0.15, 0.2) is 42.6 Å². The number of benzene rings is 1. The van der Waals surface area contributed by atoms with Crippen molar-refractivity contribution in [2.75, 3.05) is 5.32 Å². The lowest BCUT2D eigenvalue weighted by Crippen LogP contribution is -2.17. The fourth-order valence-electron chi connectivity index (χ4n) is 3.26. The zero-order valence-electron chi connectivity index (χ0n) is 15.8. The molecule has 0 unspecified atom stereocenters. The Morgan fingerprint density at radius 1 is 1.18 bits per heavy atom. The van der Waals surface area contributed by atoms with Gasteiger partial charge in [0, 0.05) is 23.8 Å². The van der Waals surface area contributed by atoms with Crippen molar-refractivity contribution in [2.24, 2.45) is 7.05 Å². The van der Waals surface area contributed by atoms with Gasteiger partial charge in [0.15, 0.2) is 5.65 Å². The summed E-state index contributed by atoms with van der Waals surface area (Å²) in [5, 5.41) is 13.1. The molecule has 0 aliphatic heterocycles. The van der Waals surface area contributed by atoms with Crippen LogP contribution in [0.3, 0.4) is 0 Å². The van der Waals surface area contributed by atoms with Gasteiger partial charge in [0.05, 0.1) is 29.4 Å². The second kappa shape index (κ2) is 7.09. The third kappa shape index (κ3) is 3.36. The fourth-order valence-corrected chi connectivity index (χ4v) is 3.39. The second-order valence-electron chi connectivity index (χ2n) is 6.67. The third-order valence-corrected chi connectivity index (χ3v) is 4.80. The Morgan fingerprint density at radius 2 is 1.93 bits per heavy atom. The largest absolute Gasteiger partial charge is 0.307 e. The van der Waals surface area contributed by atoms with Gasteiger partial charge in [-0.05, 0) is 37.6 Å². The van der Waals surface area contributed by atoms with Crippen LogP contribution in [-0.4, -0.2) is 30.5 Å². The molecule has 3 aromatic heterocycles. The summed E-state index contributed by atoms with van der Waals surface area (Å²) in [7, 11) is 1.82. The van der Waals surface area contributed by atoms with Gasteiger partial charge in [-0.25, -0.2) is 9.67 Å². The van der Waals surface area contributed by atoms with Crippen LogP contribution in [0.1, 0.15) is 27.3 Å². The van der Waals surface area contributed by atoms with Gasteiger partial charge < -0.3 is 5.32 Å². The number of anilines is 1. The molecular formula is C20H19ClN6O. The summed E-state index contributed by atoms with van der Waals surface area (Å²) in [5.74, 6) is 0.397. The predicted molar refractivity (Wildman–Crippen MR) is 109 cm³/mol. The van der Waals surface area contributed by atoms with Crippen LogP contribution < -0.4 is 5.32 Å². The molecule has 0 aliphatic rings. The lowest BCUT2D eigenvalue weighted by atomic mass is 10.1. The molecule has 4 aromatic rings. The molecule has 0 saturated heterocycles. The first-order valence-corrected chi connectivity index (χ1v) is 9.19. The first-order chi connectivity index (χ1) is 13.4. The van der Waals surface area contributed by atoms with E-state index in [1.807, 2.05) is 45.2 Å². The van der Waals surface area contributed by atoms with Gasteiger partial charge in [-0.1, -0.05) is 23.7 Å². The summed E-state index contributed by atoms with van der Waals surface area (Å²) < 4.78 is 3.43. The number of fused-ring (bicyclic) bond motifs is 1. The van der Waals surface area contributed by atoms with Crippen molar-refractivity contribution in [3.8, 4) is 0 Å².